The van der Waals surface area contributed by atoms with Gasteiger partial charge in [-0.25, -0.2) is 0 Å². The van der Waals surface area contributed by atoms with Gasteiger partial charge in [0.05, 0.1) is 0 Å². The Labute approximate surface area is 129 Å². The van der Waals surface area contributed by atoms with Gasteiger partial charge in [0.1, 0.15) is 0 Å². The van der Waals surface area contributed by atoms with E-state index < -0.39 is 0 Å². The summed E-state index contributed by atoms with van der Waals surface area (Å²) < 4.78 is 0. The van der Waals surface area contributed by atoms with Crippen molar-refractivity contribution in [2.45, 2.75) is 39.7 Å². The van der Waals surface area contributed by atoms with Crippen molar-refractivity contribution in [3.8, 4) is 0 Å². The number of rotatable bonds is 3. The van der Waals surface area contributed by atoms with Gasteiger partial charge in [-0.05, 0) is 62.6 Å². The highest BCUT2D eigenvalue weighted by atomic mass is 32.1. The molecule has 1 amide bonds. The molecule has 2 aromatic rings. The maximum Gasteiger partial charge on any atom is 0.224 e. The van der Waals surface area contributed by atoms with Crippen molar-refractivity contribution in [1.82, 2.24) is 0 Å². The van der Waals surface area contributed by atoms with Crippen LogP contribution in [0.15, 0.2) is 24.3 Å². The Hall–Kier alpha value is -1.81. The third kappa shape index (κ3) is 2.95. The van der Waals surface area contributed by atoms with Crippen LogP contribution < -0.4 is 10.6 Å². The van der Waals surface area contributed by atoms with Crippen molar-refractivity contribution >= 4 is 28.6 Å². The topological polar surface area (TPSA) is 41.1 Å². The highest BCUT2D eigenvalue weighted by Crippen LogP contribution is 2.31. The van der Waals surface area contributed by atoms with Crippen molar-refractivity contribution < 1.29 is 4.79 Å². The smallest absolute Gasteiger partial charge is 0.224 e. The molecule has 4 heteroatoms. The molecule has 1 aliphatic heterocycles. The number of hydrogen-bond acceptors (Lipinski definition) is 3. The minimum Gasteiger partial charge on any atom is -0.378 e. The first-order chi connectivity index (χ1) is 10.0. The number of carbonyl (C=O) groups excluding carboxylic acids is 1. The Morgan fingerprint density at radius 2 is 2.05 bits per heavy atom. The van der Waals surface area contributed by atoms with Crippen LogP contribution in [0.1, 0.15) is 40.3 Å². The fraction of sp³-hybridized carbons (Fsp3) is 0.353. The maximum atomic E-state index is 11.4. The van der Waals surface area contributed by atoms with Crippen LogP contribution in [0.3, 0.4) is 0 Å². The molecule has 0 spiro atoms. The lowest BCUT2D eigenvalue weighted by atomic mass is 10.0. The van der Waals surface area contributed by atoms with E-state index in [4.69, 9.17) is 0 Å². The van der Waals surface area contributed by atoms with E-state index in [-0.39, 0.29) is 11.9 Å². The maximum absolute atomic E-state index is 11.4. The molecule has 1 unspecified atom stereocenters. The predicted octanol–water partition coefficient (Wildman–Crippen LogP) is 4.42. The van der Waals surface area contributed by atoms with E-state index in [2.05, 4.69) is 43.5 Å². The standard InChI is InChI=1S/C17H20N2OS/c1-10-8-15(12(3)21-10)11(2)18-14-5-6-16-13(9-14)4-7-17(20)19-16/h5-6,8-9,11,18H,4,7H2,1-3H3,(H,19,20). The van der Waals surface area contributed by atoms with Crippen molar-refractivity contribution in [2.75, 3.05) is 10.6 Å². The van der Waals surface area contributed by atoms with Gasteiger partial charge in [0.15, 0.2) is 0 Å². The highest BCUT2D eigenvalue weighted by Gasteiger charge is 2.16. The van der Waals surface area contributed by atoms with Crippen molar-refractivity contribution in [1.29, 1.82) is 0 Å². The molecule has 110 valence electrons. The summed E-state index contributed by atoms with van der Waals surface area (Å²) >= 11 is 1.84. The van der Waals surface area contributed by atoms with Crippen molar-refractivity contribution in [3.63, 3.8) is 0 Å². The second-order valence-electron chi connectivity index (χ2n) is 5.65. The number of fused-ring (bicyclic) bond motifs is 1. The van der Waals surface area contributed by atoms with Gasteiger partial charge in [0, 0.05) is 33.6 Å². The zero-order valence-electron chi connectivity index (χ0n) is 12.6. The van der Waals surface area contributed by atoms with Crippen LogP contribution in [-0.2, 0) is 11.2 Å². The number of hydrogen-bond donors (Lipinski definition) is 2. The number of amides is 1. The molecular formula is C17H20N2OS. The summed E-state index contributed by atoms with van der Waals surface area (Å²) in [6, 6.07) is 8.73. The van der Waals surface area contributed by atoms with Gasteiger partial charge in [0.25, 0.3) is 0 Å². The molecule has 0 fully saturated rings. The summed E-state index contributed by atoms with van der Waals surface area (Å²) in [6.45, 7) is 6.51. The number of thiophene rings is 1. The molecule has 0 bridgehead atoms. The Kier molecular flexibility index (Phi) is 3.72. The van der Waals surface area contributed by atoms with Gasteiger partial charge in [-0.1, -0.05) is 0 Å². The van der Waals surface area contributed by atoms with E-state index in [9.17, 15) is 4.79 Å². The predicted molar refractivity (Wildman–Crippen MR) is 89.2 cm³/mol. The molecule has 3 nitrogen and oxygen atoms in total. The van der Waals surface area contributed by atoms with Gasteiger partial charge in [-0.15, -0.1) is 11.3 Å². The molecule has 2 N–H and O–H groups in total. The van der Waals surface area contributed by atoms with Gasteiger partial charge < -0.3 is 10.6 Å². The van der Waals surface area contributed by atoms with Crippen LogP contribution in [0.2, 0.25) is 0 Å². The Balaban J connectivity index is 1.79. The zero-order valence-corrected chi connectivity index (χ0v) is 13.4. The average molecular weight is 300 g/mol. The second kappa shape index (κ2) is 5.53. The van der Waals surface area contributed by atoms with E-state index in [1.54, 1.807) is 0 Å². The first-order valence-electron chi connectivity index (χ1n) is 7.29. The molecule has 0 aliphatic carbocycles. The minimum atomic E-state index is 0.112. The lowest BCUT2D eigenvalue weighted by molar-refractivity contribution is -0.116. The molecule has 1 aliphatic rings. The normalized spacial score (nSPS) is 15.3. The summed E-state index contributed by atoms with van der Waals surface area (Å²) in [5.41, 5.74) is 4.64. The Morgan fingerprint density at radius 3 is 2.76 bits per heavy atom. The SMILES string of the molecule is Cc1cc(C(C)Nc2ccc3c(c2)CCC(=O)N3)c(C)s1. The molecule has 1 aromatic heterocycles. The molecule has 3 rings (SSSR count). The van der Waals surface area contributed by atoms with Crippen LogP contribution in [0.4, 0.5) is 11.4 Å². The summed E-state index contributed by atoms with van der Waals surface area (Å²) in [7, 11) is 0. The number of benzene rings is 1. The fourth-order valence-electron chi connectivity index (χ4n) is 2.88. The zero-order chi connectivity index (χ0) is 15.0. The van der Waals surface area contributed by atoms with E-state index in [0.29, 0.717) is 6.42 Å². The largest absolute Gasteiger partial charge is 0.378 e. The van der Waals surface area contributed by atoms with Crippen molar-refractivity contribution in [3.05, 3.63) is 45.1 Å². The molecule has 1 atom stereocenters. The van der Waals surface area contributed by atoms with E-state index >= 15 is 0 Å². The molecule has 21 heavy (non-hydrogen) atoms. The number of nitrogens with one attached hydrogen (secondary N) is 2. The summed E-state index contributed by atoms with van der Waals surface area (Å²) in [5, 5.41) is 6.49. The first kappa shape index (κ1) is 14.1. The second-order valence-corrected chi connectivity index (χ2v) is 7.12. The van der Waals surface area contributed by atoms with Gasteiger partial charge in [-0.3, -0.25) is 4.79 Å². The summed E-state index contributed by atoms with van der Waals surface area (Å²) in [4.78, 5) is 14.1. The van der Waals surface area contributed by atoms with Crippen molar-refractivity contribution in [2.24, 2.45) is 0 Å². The Morgan fingerprint density at radius 1 is 1.24 bits per heavy atom. The molecule has 2 heterocycles. The lowest BCUT2D eigenvalue weighted by Gasteiger charge is -2.20. The summed E-state index contributed by atoms with van der Waals surface area (Å²) in [6.07, 6.45) is 1.40. The van der Waals surface area contributed by atoms with E-state index in [1.165, 1.54) is 20.9 Å². The van der Waals surface area contributed by atoms with Crippen LogP contribution >= 0.6 is 11.3 Å². The fourth-order valence-corrected chi connectivity index (χ4v) is 3.90. The molecule has 1 aromatic carbocycles. The van der Waals surface area contributed by atoms with Crippen LogP contribution in [0, 0.1) is 13.8 Å². The number of anilines is 2. The molecule has 0 saturated carbocycles. The molecule has 0 radical (unpaired) electrons. The lowest BCUT2D eigenvalue weighted by Crippen LogP contribution is -2.19. The van der Waals surface area contributed by atoms with Crippen LogP contribution in [0.5, 0.6) is 0 Å². The van der Waals surface area contributed by atoms with E-state index in [0.717, 1.165) is 17.8 Å². The number of aryl methyl sites for hydroxylation is 3. The Bertz CT molecular complexity index is 690. The molecular weight excluding hydrogens is 280 g/mol. The van der Waals surface area contributed by atoms with Gasteiger partial charge in [0.2, 0.25) is 5.91 Å². The third-order valence-corrected chi connectivity index (χ3v) is 4.91. The van der Waals surface area contributed by atoms with Gasteiger partial charge >= 0.3 is 0 Å². The van der Waals surface area contributed by atoms with Crippen LogP contribution in [0.25, 0.3) is 0 Å². The van der Waals surface area contributed by atoms with Gasteiger partial charge in [-0.2, -0.15) is 0 Å². The average Bonchev–Trinajstić information content (AvgIpc) is 2.78. The summed E-state index contributed by atoms with van der Waals surface area (Å²) in [5.74, 6) is 0.112. The molecule has 0 saturated heterocycles. The monoisotopic (exact) mass is 300 g/mol. The third-order valence-electron chi connectivity index (χ3n) is 3.93. The quantitative estimate of drug-likeness (QED) is 0.881. The minimum absolute atomic E-state index is 0.112. The highest BCUT2D eigenvalue weighted by molar-refractivity contribution is 7.12. The first-order valence-corrected chi connectivity index (χ1v) is 8.11. The van der Waals surface area contributed by atoms with E-state index in [1.807, 2.05) is 23.5 Å². The van der Waals surface area contributed by atoms with Crippen LogP contribution in [-0.4, -0.2) is 5.91 Å². The number of carbonyl (C=O) groups is 1.